The molecule has 10 heteroatoms. The fourth-order valence-corrected chi connectivity index (χ4v) is 4.11. The highest BCUT2D eigenvalue weighted by Crippen LogP contribution is 2.30. The van der Waals surface area contributed by atoms with Gasteiger partial charge in [-0.3, -0.25) is 9.78 Å². The Morgan fingerprint density at radius 3 is 2.62 bits per heavy atom. The van der Waals surface area contributed by atoms with Gasteiger partial charge in [0.25, 0.3) is 5.91 Å². The molecule has 2 N–H and O–H groups in total. The van der Waals surface area contributed by atoms with E-state index in [1.165, 1.54) is 18.7 Å². The van der Waals surface area contributed by atoms with Crippen molar-refractivity contribution in [1.29, 1.82) is 4.78 Å². The molecule has 0 saturated heterocycles. The predicted octanol–water partition coefficient (Wildman–Crippen LogP) is 4.65. The average Bonchev–Trinajstić information content (AvgIpc) is 3.46. The minimum atomic E-state index is -2.99. The molecule has 5 aromatic rings. The van der Waals surface area contributed by atoms with Crippen LogP contribution < -0.4 is 5.32 Å². The van der Waals surface area contributed by atoms with Gasteiger partial charge in [-0.15, -0.1) is 0 Å². The highest BCUT2D eigenvalue weighted by molar-refractivity contribution is 7.91. The summed E-state index contributed by atoms with van der Waals surface area (Å²) in [7, 11) is -2.99. The number of aryl methyl sites for hydroxylation is 1. The van der Waals surface area contributed by atoms with Crippen LogP contribution in [-0.2, 0) is 9.73 Å². The Labute approximate surface area is 195 Å². The molecular weight excluding hydrogens is 452 g/mol. The van der Waals surface area contributed by atoms with Crippen LogP contribution in [0.3, 0.4) is 0 Å². The van der Waals surface area contributed by atoms with Crippen molar-refractivity contribution in [3.05, 3.63) is 84.8 Å². The summed E-state index contributed by atoms with van der Waals surface area (Å²) >= 11 is 0. The van der Waals surface area contributed by atoms with Gasteiger partial charge < -0.3 is 14.1 Å². The fourth-order valence-electron chi connectivity index (χ4n) is 3.53. The molecule has 4 heterocycles. The number of nitrogens with one attached hydrogen (secondary N) is 2. The van der Waals surface area contributed by atoms with Crippen molar-refractivity contribution in [2.24, 2.45) is 0 Å². The van der Waals surface area contributed by atoms with Crippen LogP contribution in [0.15, 0.2) is 82.8 Å². The van der Waals surface area contributed by atoms with Crippen LogP contribution >= 0.6 is 0 Å². The molecule has 4 aromatic heterocycles. The van der Waals surface area contributed by atoms with Gasteiger partial charge >= 0.3 is 0 Å². The van der Waals surface area contributed by atoms with E-state index in [0.29, 0.717) is 17.2 Å². The van der Waals surface area contributed by atoms with E-state index in [-0.39, 0.29) is 10.7 Å². The Balaban J connectivity index is 1.54. The predicted molar refractivity (Wildman–Crippen MR) is 128 cm³/mol. The maximum absolute atomic E-state index is 13.1. The molecule has 0 radical (unpaired) electrons. The van der Waals surface area contributed by atoms with Crippen LogP contribution in [0.4, 0.5) is 5.69 Å². The lowest BCUT2D eigenvalue weighted by atomic mass is 10.1. The van der Waals surface area contributed by atoms with Crippen molar-refractivity contribution in [2.75, 3.05) is 11.6 Å². The van der Waals surface area contributed by atoms with Crippen molar-refractivity contribution >= 4 is 27.0 Å². The molecule has 170 valence electrons. The maximum Gasteiger partial charge on any atom is 0.277 e. The molecule has 9 nitrogen and oxygen atoms in total. The first-order valence-corrected chi connectivity index (χ1v) is 12.3. The van der Waals surface area contributed by atoms with Gasteiger partial charge in [-0.25, -0.2) is 19.0 Å². The van der Waals surface area contributed by atoms with Crippen LogP contribution in [0.25, 0.3) is 28.2 Å². The first kappa shape index (κ1) is 21.5. The lowest BCUT2D eigenvalue weighted by Crippen LogP contribution is -2.13. The van der Waals surface area contributed by atoms with Crippen LogP contribution in [0.1, 0.15) is 16.2 Å². The number of fused-ring (bicyclic) bond motifs is 1. The minimum absolute atomic E-state index is 0.123. The van der Waals surface area contributed by atoms with Gasteiger partial charge in [0.2, 0.25) is 5.89 Å². The summed E-state index contributed by atoms with van der Waals surface area (Å²) in [6, 6.07) is 14.9. The summed E-state index contributed by atoms with van der Waals surface area (Å²) in [4.78, 5) is 25.9. The van der Waals surface area contributed by atoms with Crippen molar-refractivity contribution < 1.29 is 13.4 Å². The lowest BCUT2D eigenvalue weighted by molar-refractivity contribution is 0.102. The number of rotatable bonds is 5. The molecule has 34 heavy (non-hydrogen) atoms. The van der Waals surface area contributed by atoms with Gasteiger partial charge in [-0.05, 0) is 30.7 Å². The Morgan fingerprint density at radius 2 is 1.88 bits per heavy atom. The van der Waals surface area contributed by atoms with E-state index in [0.717, 1.165) is 22.4 Å². The molecule has 1 atom stereocenters. The van der Waals surface area contributed by atoms with Crippen LogP contribution in [0, 0.1) is 11.7 Å². The van der Waals surface area contributed by atoms with Crippen molar-refractivity contribution in [3.8, 4) is 22.6 Å². The quantitative estimate of drug-likeness (QED) is 0.383. The lowest BCUT2D eigenvalue weighted by Gasteiger charge is -2.11. The summed E-state index contributed by atoms with van der Waals surface area (Å²) in [5, 5.41) is 3.07. The molecule has 1 aromatic carbocycles. The molecule has 0 aliphatic rings. The standard InChI is InChI=1S/C24H20N6O3S/c1-15-10-17(8-9-26-15)24-28-20(14-33-24)23(31)27-19-12-30-13-22(34(2,25)32)29-21(30)11-18(19)16-6-4-3-5-7-16/h3-14,25H,1-2H3,(H,27,31). The van der Waals surface area contributed by atoms with E-state index in [2.05, 4.69) is 20.3 Å². The molecule has 0 spiro atoms. The topological polar surface area (TPSA) is 126 Å². The van der Waals surface area contributed by atoms with Gasteiger partial charge in [0.15, 0.2) is 10.7 Å². The summed E-state index contributed by atoms with van der Waals surface area (Å²) in [6.07, 6.45) is 7.51. The SMILES string of the molecule is Cc1cc(-c2nc(C(=O)Nc3cn4cc(S(C)(=N)=O)nc4cc3-c3ccccc3)co2)ccn1. The van der Waals surface area contributed by atoms with E-state index in [4.69, 9.17) is 9.20 Å². The van der Waals surface area contributed by atoms with E-state index >= 15 is 0 Å². The van der Waals surface area contributed by atoms with E-state index in [1.54, 1.807) is 28.9 Å². The summed E-state index contributed by atoms with van der Waals surface area (Å²) < 4.78 is 27.2. The Bertz CT molecular complexity index is 1640. The number of nitrogens with zero attached hydrogens (tertiary/aromatic N) is 4. The van der Waals surface area contributed by atoms with Gasteiger partial charge in [0.1, 0.15) is 11.9 Å². The van der Waals surface area contributed by atoms with Crippen LogP contribution in [0.2, 0.25) is 0 Å². The molecule has 0 bridgehead atoms. The zero-order valence-electron chi connectivity index (χ0n) is 18.4. The zero-order chi connectivity index (χ0) is 23.9. The Hall–Kier alpha value is -4.31. The maximum atomic E-state index is 13.1. The first-order chi connectivity index (χ1) is 16.3. The summed E-state index contributed by atoms with van der Waals surface area (Å²) in [6.45, 7) is 1.86. The van der Waals surface area contributed by atoms with Gasteiger partial charge in [-0.2, -0.15) is 0 Å². The highest BCUT2D eigenvalue weighted by Gasteiger charge is 2.18. The molecule has 0 aliphatic heterocycles. The molecule has 1 unspecified atom stereocenters. The Kier molecular flexibility index (Phi) is 5.21. The molecule has 0 aliphatic carbocycles. The number of hydrogen-bond acceptors (Lipinski definition) is 7. The minimum Gasteiger partial charge on any atom is -0.444 e. The van der Waals surface area contributed by atoms with Crippen LogP contribution in [0.5, 0.6) is 0 Å². The third kappa shape index (κ3) is 4.18. The van der Waals surface area contributed by atoms with Gasteiger partial charge in [0, 0.05) is 41.7 Å². The van der Waals surface area contributed by atoms with Crippen molar-refractivity contribution in [3.63, 3.8) is 0 Å². The molecule has 5 rings (SSSR count). The zero-order valence-corrected chi connectivity index (χ0v) is 19.2. The average molecular weight is 473 g/mol. The number of oxazole rings is 1. The number of aromatic nitrogens is 4. The van der Waals surface area contributed by atoms with Gasteiger partial charge in [0.05, 0.1) is 15.4 Å². The number of amides is 1. The third-order valence-electron chi connectivity index (χ3n) is 5.18. The number of pyridine rings is 2. The fraction of sp³-hybridized carbons (Fsp3) is 0.0833. The number of hydrogen-bond donors (Lipinski definition) is 2. The third-order valence-corrected chi connectivity index (χ3v) is 6.18. The second kappa shape index (κ2) is 8.23. The first-order valence-electron chi connectivity index (χ1n) is 10.3. The monoisotopic (exact) mass is 472 g/mol. The normalized spacial score (nSPS) is 13.0. The molecule has 0 fully saturated rings. The number of benzene rings is 1. The van der Waals surface area contributed by atoms with E-state index < -0.39 is 15.6 Å². The highest BCUT2D eigenvalue weighted by atomic mass is 32.2. The van der Waals surface area contributed by atoms with Crippen molar-refractivity contribution in [2.45, 2.75) is 11.9 Å². The molecule has 0 saturated carbocycles. The molecular formula is C24H20N6O3S. The molecule has 1 amide bonds. The number of anilines is 1. The summed E-state index contributed by atoms with van der Waals surface area (Å²) in [5.41, 5.74) is 4.27. The number of carbonyl (C=O) groups excluding carboxylic acids is 1. The summed E-state index contributed by atoms with van der Waals surface area (Å²) in [5.74, 6) is -0.126. The van der Waals surface area contributed by atoms with Crippen LogP contribution in [-0.4, -0.2) is 35.7 Å². The Morgan fingerprint density at radius 1 is 1.09 bits per heavy atom. The smallest absolute Gasteiger partial charge is 0.277 e. The number of carbonyl (C=O) groups is 1. The number of imidazole rings is 1. The van der Waals surface area contributed by atoms with Crippen molar-refractivity contribution in [1.82, 2.24) is 19.4 Å². The largest absolute Gasteiger partial charge is 0.444 e. The van der Waals surface area contributed by atoms with Gasteiger partial charge in [-0.1, -0.05) is 30.3 Å². The van der Waals surface area contributed by atoms with E-state index in [9.17, 15) is 9.00 Å². The second-order valence-corrected chi connectivity index (χ2v) is 9.94. The van der Waals surface area contributed by atoms with E-state index in [1.807, 2.05) is 43.3 Å². The second-order valence-electron chi connectivity index (χ2n) is 7.83.